The minimum atomic E-state index is 0.0312. The SMILES string of the molecule is CC(C)(C)c1ccc(SN2CCC3=Cc4c(cnn4-c4ccc(C#N)cc4)CC3(Cc3ccccc3)C2)cc1. The Morgan fingerprint density at radius 3 is 2.41 bits per heavy atom. The summed E-state index contributed by atoms with van der Waals surface area (Å²) in [4.78, 5) is 1.30. The molecule has 1 atom stereocenters. The van der Waals surface area contributed by atoms with Crippen molar-refractivity contribution in [1.82, 2.24) is 14.1 Å². The lowest BCUT2D eigenvalue weighted by molar-refractivity contribution is 0.221. The quantitative estimate of drug-likeness (QED) is 0.249. The molecule has 1 aromatic heterocycles. The van der Waals surface area contributed by atoms with E-state index in [4.69, 9.17) is 5.10 Å². The maximum atomic E-state index is 9.20. The molecule has 2 heterocycles. The summed E-state index contributed by atoms with van der Waals surface area (Å²) < 4.78 is 4.61. The molecule has 1 aliphatic heterocycles. The van der Waals surface area contributed by atoms with Gasteiger partial charge in [0.25, 0.3) is 0 Å². The molecule has 1 aliphatic carbocycles. The average molecular weight is 531 g/mol. The van der Waals surface area contributed by atoms with E-state index < -0.39 is 0 Å². The lowest BCUT2D eigenvalue weighted by atomic mass is 9.66. The van der Waals surface area contributed by atoms with E-state index in [2.05, 4.69) is 91.8 Å². The van der Waals surface area contributed by atoms with E-state index in [-0.39, 0.29) is 10.8 Å². The van der Waals surface area contributed by atoms with Crippen LogP contribution in [-0.4, -0.2) is 27.2 Å². The van der Waals surface area contributed by atoms with E-state index in [0.29, 0.717) is 5.56 Å². The third-order valence-corrected chi connectivity index (χ3v) is 9.15. The number of piperidine rings is 1. The van der Waals surface area contributed by atoms with Crippen molar-refractivity contribution in [2.75, 3.05) is 13.1 Å². The Balaban J connectivity index is 1.31. The van der Waals surface area contributed by atoms with Gasteiger partial charge in [0.15, 0.2) is 0 Å². The minimum absolute atomic E-state index is 0.0312. The molecule has 0 bridgehead atoms. The van der Waals surface area contributed by atoms with Crippen molar-refractivity contribution in [2.45, 2.75) is 50.3 Å². The molecule has 4 nitrogen and oxygen atoms in total. The number of rotatable bonds is 5. The number of hydrogen-bond acceptors (Lipinski definition) is 4. The number of fused-ring (bicyclic) bond motifs is 2. The van der Waals surface area contributed by atoms with Gasteiger partial charge in [-0.25, -0.2) is 8.99 Å². The molecule has 196 valence electrons. The highest BCUT2D eigenvalue weighted by molar-refractivity contribution is 7.97. The van der Waals surface area contributed by atoms with E-state index in [9.17, 15) is 5.26 Å². The molecule has 0 spiro atoms. The Hall–Kier alpha value is -3.59. The molecule has 39 heavy (non-hydrogen) atoms. The largest absolute Gasteiger partial charge is 0.245 e. The van der Waals surface area contributed by atoms with Gasteiger partial charge < -0.3 is 0 Å². The van der Waals surface area contributed by atoms with Gasteiger partial charge in [0.05, 0.1) is 29.2 Å². The molecule has 0 saturated carbocycles. The summed E-state index contributed by atoms with van der Waals surface area (Å²) in [5.74, 6) is 0. The van der Waals surface area contributed by atoms with Crippen LogP contribution in [0.5, 0.6) is 0 Å². The molecular formula is C34H34N4S. The zero-order valence-corrected chi connectivity index (χ0v) is 23.7. The zero-order chi connectivity index (χ0) is 27.0. The van der Waals surface area contributed by atoms with Crippen molar-refractivity contribution in [2.24, 2.45) is 5.41 Å². The highest BCUT2D eigenvalue weighted by Gasteiger charge is 2.43. The Morgan fingerprint density at radius 1 is 0.974 bits per heavy atom. The Kier molecular flexibility index (Phi) is 6.71. The Morgan fingerprint density at radius 2 is 1.72 bits per heavy atom. The second-order valence-corrected chi connectivity index (χ2v) is 13.1. The van der Waals surface area contributed by atoms with E-state index in [1.54, 1.807) is 0 Å². The lowest BCUT2D eigenvalue weighted by Crippen LogP contribution is -2.45. The molecule has 5 heteroatoms. The predicted molar refractivity (Wildman–Crippen MR) is 160 cm³/mol. The zero-order valence-electron chi connectivity index (χ0n) is 22.9. The van der Waals surface area contributed by atoms with Crippen LogP contribution >= 0.6 is 11.9 Å². The topological polar surface area (TPSA) is 44.9 Å². The number of aromatic nitrogens is 2. The van der Waals surface area contributed by atoms with Crippen LogP contribution in [0.4, 0.5) is 0 Å². The highest BCUT2D eigenvalue weighted by atomic mass is 32.2. The summed E-state index contributed by atoms with van der Waals surface area (Å²) in [5.41, 5.74) is 8.60. The Labute approximate surface area is 236 Å². The first-order chi connectivity index (χ1) is 18.8. The van der Waals surface area contributed by atoms with Gasteiger partial charge >= 0.3 is 0 Å². The van der Waals surface area contributed by atoms with Crippen molar-refractivity contribution in [1.29, 1.82) is 5.26 Å². The summed E-state index contributed by atoms with van der Waals surface area (Å²) in [6.07, 6.45) is 7.48. The van der Waals surface area contributed by atoms with Gasteiger partial charge in [0.2, 0.25) is 0 Å². The molecule has 2 aliphatic rings. The van der Waals surface area contributed by atoms with Crippen molar-refractivity contribution >= 4 is 18.0 Å². The molecule has 0 amide bonds. The first-order valence-electron chi connectivity index (χ1n) is 13.7. The average Bonchev–Trinajstić information content (AvgIpc) is 3.34. The van der Waals surface area contributed by atoms with Crippen LogP contribution in [0.3, 0.4) is 0 Å². The summed E-state index contributed by atoms with van der Waals surface area (Å²) in [5, 5.41) is 14.0. The van der Waals surface area contributed by atoms with Gasteiger partial charge in [-0.1, -0.05) is 68.8 Å². The van der Waals surface area contributed by atoms with Crippen molar-refractivity contribution in [3.8, 4) is 11.8 Å². The van der Waals surface area contributed by atoms with E-state index >= 15 is 0 Å². The van der Waals surface area contributed by atoms with E-state index in [1.165, 1.54) is 32.9 Å². The van der Waals surface area contributed by atoms with Gasteiger partial charge in [-0.05, 0) is 95.8 Å². The summed E-state index contributed by atoms with van der Waals surface area (Å²) in [7, 11) is 0. The normalized spacial score (nSPS) is 19.1. The number of nitriles is 1. The van der Waals surface area contributed by atoms with Gasteiger partial charge in [0.1, 0.15) is 0 Å². The summed E-state index contributed by atoms with van der Waals surface area (Å²) in [6, 6.07) is 30.0. The minimum Gasteiger partial charge on any atom is -0.245 e. The fraction of sp³-hybridized carbons (Fsp3) is 0.294. The first-order valence-corrected chi connectivity index (χ1v) is 14.5. The standard InChI is InChI=1S/C34H34N4S/c1-33(2,3)28-11-15-31(16-12-28)39-37-18-17-29-19-32-27(21-34(29,24-37)20-25-7-5-4-6-8-25)23-36-38(32)30-13-9-26(22-35)10-14-30/h4-16,19,23H,17-18,20-21,24H2,1-3H3. The van der Waals surface area contributed by atoms with Gasteiger partial charge in [-0.15, -0.1) is 0 Å². The molecule has 4 aromatic rings. The third-order valence-electron chi connectivity index (χ3n) is 8.10. The van der Waals surface area contributed by atoms with Crippen LogP contribution in [-0.2, 0) is 18.3 Å². The fourth-order valence-electron chi connectivity index (χ4n) is 5.98. The molecule has 1 unspecified atom stereocenters. The van der Waals surface area contributed by atoms with Crippen LogP contribution in [0.15, 0.2) is 95.5 Å². The second-order valence-electron chi connectivity index (χ2n) is 11.9. The molecule has 0 N–H and O–H groups in total. The smallest absolute Gasteiger partial charge is 0.0991 e. The monoisotopic (exact) mass is 530 g/mol. The number of nitrogens with zero attached hydrogens (tertiary/aromatic N) is 4. The maximum absolute atomic E-state index is 9.20. The maximum Gasteiger partial charge on any atom is 0.0991 e. The van der Waals surface area contributed by atoms with Crippen LogP contribution in [0, 0.1) is 16.7 Å². The molecular weight excluding hydrogens is 496 g/mol. The molecule has 6 rings (SSSR count). The van der Waals surface area contributed by atoms with Gasteiger partial charge in [-0.3, -0.25) is 0 Å². The van der Waals surface area contributed by atoms with Crippen LogP contribution < -0.4 is 0 Å². The van der Waals surface area contributed by atoms with Crippen molar-refractivity contribution in [3.63, 3.8) is 0 Å². The molecule has 1 fully saturated rings. The molecule has 0 radical (unpaired) electrons. The van der Waals surface area contributed by atoms with Crippen LogP contribution in [0.25, 0.3) is 11.8 Å². The summed E-state index contributed by atoms with van der Waals surface area (Å²) in [6.45, 7) is 8.82. The van der Waals surface area contributed by atoms with Crippen molar-refractivity contribution < 1.29 is 0 Å². The van der Waals surface area contributed by atoms with Crippen LogP contribution in [0.2, 0.25) is 0 Å². The third kappa shape index (κ3) is 5.20. The van der Waals surface area contributed by atoms with Crippen LogP contribution in [0.1, 0.15) is 55.1 Å². The summed E-state index contributed by atoms with van der Waals surface area (Å²) >= 11 is 1.89. The van der Waals surface area contributed by atoms with Gasteiger partial charge in [-0.2, -0.15) is 10.4 Å². The van der Waals surface area contributed by atoms with Crippen molar-refractivity contribution in [3.05, 3.63) is 119 Å². The fourth-order valence-corrected chi connectivity index (χ4v) is 7.03. The first kappa shape index (κ1) is 25.7. The number of hydrogen-bond donors (Lipinski definition) is 0. The highest BCUT2D eigenvalue weighted by Crippen LogP contribution is 2.48. The van der Waals surface area contributed by atoms with E-state index in [1.807, 2.05) is 47.1 Å². The van der Waals surface area contributed by atoms with Gasteiger partial charge in [0, 0.05) is 23.4 Å². The van der Waals surface area contributed by atoms with E-state index in [0.717, 1.165) is 38.0 Å². The Bertz CT molecular complexity index is 1540. The molecule has 1 saturated heterocycles. The second kappa shape index (κ2) is 10.2. The predicted octanol–water partition coefficient (Wildman–Crippen LogP) is 7.62. The molecule has 3 aromatic carbocycles. The lowest BCUT2D eigenvalue weighted by Gasteiger charge is -2.46. The number of benzene rings is 3.